The van der Waals surface area contributed by atoms with E-state index in [4.69, 9.17) is 0 Å². The van der Waals surface area contributed by atoms with E-state index in [9.17, 15) is 9.18 Å². The number of hydrogen-bond donors (Lipinski definition) is 0. The van der Waals surface area contributed by atoms with Gasteiger partial charge in [0.2, 0.25) is 0 Å². The van der Waals surface area contributed by atoms with Gasteiger partial charge in [0.05, 0.1) is 0 Å². The number of halogens is 1. The predicted molar refractivity (Wildman–Crippen MR) is 67.1 cm³/mol. The lowest BCUT2D eigenvalue weighted by Gasteiger charge is -2.34. The van der Waals surface area contributed by atoms with Gasteiger partial charge in [-0.1, -0.05) is 12.1 Å². The van der Waals surface area contributed by atoms with Crippen LogP contribution in [0.4, 0.5) is 4.39 Å². The monoisotopic (exact) mass is 244 g/mol. The third-order valence-electron chi connectivity index (χ3n) is 5.29. The lowest BCUT2D eigenvalue weighted by Crippen LogP contribution is -2.31. The molecule has 0 saturated heterocycles. The fourth-order valence-electron chi connectivity index (χ4n) is 4.47. The van der Waals surface area contributed by atoms with Gasteiger partial charge in [0.15, 0.2) is 0 Å². The highest BCUT2D eigenvalue weighted by Crippen LogP contribution is 2.65. The number of carbonyl (C=O) groups is 1. The summed E-state index contributed by atoms with van der Waals surface area (Å²) < 4.78 is 14.2. The van der Waals surface area contributed by atoms with E-state index in [-0.39, 0.29) is 16.6 Å². The Labute approximate surface area is 106 Å². The molecule has 94 valence electrons. The molecule has 1 nitrogen and oxygen atoms in total. The maximum absolute atomic E-state index is 14.2. The average molecular weight is 244 g/mol. The van der Waals surface area contributed by atoms with Crippen LogP contribution in [0.25, 0.3) is 0 Å². The second-order valence-electron chi connectivity index (χ2n) is 6.47. The summed E-state index contributed by atoms with van der Waals surface area (Å²) in [6.07, 6.45) is 6.64. The summed E-state index contributed by atoms with van der Waals surface area (Å²) in [6.45, 7) is 0. The molecular formula is C16H17FO. The molecule has 0 amide bonds. The molecule has 2 heteroatoms. The summed E-state index contributed by atoms with van der Waals surface area (Å²) in [7, 11) is 0. The van der Waals surface area contributed by atoms with Crippen LogP contribution in [0.15, 0.2) is 18.2 Å². The van der Waals surface area contributed by atoms with Crippen LogP contribution in [0, 0.1) is 5.82 Å². The second kappa shape index (κ2) is 3.23. The van der Waals surface area contributed by atoms with E-state index >= 15 is 0 Å². The Morgan fingerprint density at radius 1 is 1.11 bits per heavy atom. The van der Waals surface area contributed by atoms with E-state index in [0.717, 1.165) is 49.7 Å². The molecule has 3 aliphatic carbocycles. The van der Waals surface area contributed by atoms with Gasteiger partial charge in [0.25, 0.3) is 0 Å². The summed E-state index contributed by atoms with van der Waals surface area (Å²) >= 11 is 0. The fourth-order valence-corrected chi connectivity index (χ4v) is 4.47. The van der Waals surface area contributed by atoms with Crippen LogP contribution in [-0.4, -0.2) is 5.78 Å². The van der Waals surface area contributed by atoms with Crippen LogP contribution >= 0.6 is 0 Å². The number of benzene rings is 1. The standard InChI is InChI=1S/C16H17FO/c17-13-5-1-4-12-14(13)15(7-8-15)10-16(12)6-2-3-11(18)9-16/h1,4-5H,2-3,6-10H2. The first-order valence-corrected chi connectivity index (χ1v) is 6.97. The smallest absolute Gasteiger partial charge is 0.133 e. The van der Waals surface area contributed by atoms with Gasteiger partial charge >= 0.3 is 0 Å². The molecule has 3 aliphatic rings. The first-order chi connectivity index (χ1) is 8.65. The Hall–Kier alpha value is -1.18. The zero-order valence-corrected chi connectivity index (χ0v) is 10.5. The van der Waals surface area contributed by atoms with Gasteiger partial charge in [-0.3, -0.25) is 4.79 Å². The number of carbonyl (C=O) groups excluding carboxylic acids is 1. The normalized spacial score (nSPS) is 31.9. The molecule has 0 radical (unpaired) electrons. The Bertz CT molecular complexity index is 544. The van der Waals surface area contributed by atoms with E-state index < -0.39 is 0 Å². The highest BCUT2D eigenvalue weighted by Gasteiger charge is 2.59. The van der Waals surface area contributed by atoms with Gasteiger partial charge in [-0.2, -0.15) is 0 Å². The van der Waals surface area contributed by atoms with E-state index in [0.29, 0.717) is 12.2 Å². The molecular weight excluding hydrogens is 227 g/mol. The lowest BCUT2D eigenvalue weighted by molar-refractivity contribution is -0.122. The van der Waals surface area contributed by atoms with E-state index in [2.05, 4.69) is 6.07 Å². The van der Waals surface area contributed by atoms with Crippen LogP contribution < -0.4 is 0 Å². The van der Waals surface area contributed by atoms with Crippen molar-refractivity contribution in [3.8, 4) is 0 Å². The number of hydrogen-bond acceptors (Lipinski definition) is 1. The van der Waals surface area contributed by atoms with Gasteiger partial charge < -0.3 is 0 Å². The zero-order valence-electron chi connectivity index (χ0n) is 10.5. The minimum Gasteiger partial charge on any atom is -0.300 e. The molecule has 1 aromatic carbocycles. The van der Waals surface area contributed by atoms with Crippen molar-refractivity contribution in [1.82, 2.24) is 0 Å². The van der Waals surface area contributed by atoms with Crippen LogP contribution in [0.1, 0.15) is 56.1 Å². The first-order valence-electron chi connectivity index (χ1n) is 6.97. The summed E-state index contributed by atoms with van der Waals surface area (Å²) in [6, 6.07) is 5.48. The van der Waals surface area contributed by atoms with Crippen LogP contribution in [0.2, 0.25) is 0 Å². The van der Waals surface area contributed by atoms with Crippen molar-refractivity contribution in [1.29, 1.82) is 0 Å². The fraction of sp³-hybridized carbons (Fsp3) is 0.562. The minimum atomic E-state index is -0.0418. The van der Waals surface area contributed by atoms with Gasteiger partial charge in [-0.25, -0.2) is 4.39 Å². The maximum atomic E-state index is 14.2. The molecule has 1 unspecified atom stereocenters. The quantitative estimate of drug-likeness (QED) is 0.681. The summed E-state index contributed by atoms with van der Waals surface area (Å²) in [5, 5.41) is 0. The average Bonchev–Trinajstić information content (AvgIpc) is 3.03. The maximum Gasteiger partial charge on any atom is 0.133 e. The van der Waals surface area contributed by atoms with Crippen LogP contribution in [-0.2, 0) is 15.6 Å². The number of rotatable bonds is 0. The molecule has 0 N–H and O–H groups in total. The van der Waals surface area contributed by atoms with Crippen molar-refractivity contribution in [3.05, 3.63) is 35.1 Å². The van der Waals surface area contributed by atoms with Crippen molar-refractivity contribution in [2.45, 2.75) is 55.8 Å². The largest absolute Gasteiger partial charge is 0.300 e. The Balaban J connectivity index is 1.90. The van der Waals surface area contributed by atoms with Gasteiger partial charge in [0.1, 0.15) is 11.6 Å². The highest BCUT2D eigenvalue weighted by atomic mass is 19.1. The summed E-state index contributed by atoms with van der Waals surface area (Å²) in [5.41, 5.74) is 2.19. The highest BCUT2D eigenvalue weighted by molar-refractivity contribution is 5.81. The SMILES string of the molecule is O=C1CCCC2(C1)CC1(CC1)c1c(F)cccc12. The number of Topliss-reactive ketones (excluding diaryl/α,β-unsaturated/α-hetero) is 1. The van der Waals surface area contributed by atoms with Gasteiger partial charge in [0, 0.05) is 18.3 Å². The van der Waals surface area contributed by atoms with E-state index in [1.165, 1.54) is 0 Å². The molecule has 18 heavy (non-hydrogen) atoms. The zero-order chi connectivity index (χ0) is 12.4. The molecule has 0 aliphatic heterocycles. The molecule has 1 aromatic rings. The molecule has 2 saturated carbocycles. The molecule has 1 atom stereocenters. The van der Waals surface area contributed by atoms with Crippen molar-refractivity contribution >= 4 is 5.78 Å². The van der Waals surface area contributed by atoms with Gasteiger partial charge in [-0.05, 0) is 54.7 Å². The first kappa shape index (κ1) is 10.7. The molecule has 0 aromatic heterocycles. The van der Waals surface area contributed by atoms with Gasteiger partial charge in [-0.15, -0.1) is 0 Å². The number of fused-ring (bicyclic) bond motifs is 3. The Morgan fingerprint density at radius 3 is 2.67 bits per heavy atom. The van der Waals surface area contributed by atoms with E-state index in [1.807, 2.05) is 6.07 Å². The molecule has 0 bridgehead atoms. The summed E-state index contributed by atoms with van der Waals surface area (Å²) in [5.74, 6) is 0.328. The minimum absolute atomic E-state index is 0.0245. The summed E-state index contributed by atoms with van der Waals surface area (Å²) in [4.78, 5) is 11.9. The molecule has 0 heterocycles. The van der Waals surface area contributed by atoms with Crippen molar-refractivity contribution in [3.63, 3.8) is 0 Å². The Morgan fingerprint density at radius 2 is 1.94 bits per heavy atom. The topological polar surface area (TPSA) is 17.1 Å². The van der Waals surface area contributed by atoms with Crippen molar-refractivity contribution in [2.24, 2.45) is 0 Å². The number of ketones is 1. The lowest BCUT2D eigenvalue weighted by atomic mass is 9.69. The third-order valence-corrected chi connectivity index (χ3v) is 5.29. The third kappa shape index (κ3) is 1.24. The molecule has 4 rings (SSSR count). The second-order valence-corrected chi connectivity index (χ2v) is 6.47. The van der Waals surface area contributed by atoms with Crippen molar-refractivity contribution in [2.75, 3.05) is 0 Å². The molecule has 2 fully saturated rings. The molecule has 2 spiro atoms. The Kier molecular flexibility index (Phi) is 1.92. The van der Waals surface area contributed by atoms with Crippen LogP contribution in [0.3, 0.4) is 0 Å². The van der Waals surface area contributed by atoms with Crippen LogP contribution in [0.5, 0.6) is 0 Å². The van der Waals surface area contributed by atoms with E-state index in [1.54, 1.807) is 6.07 Å². The predicted octanol–water partition coefficient (Wildman–Crippen LogP) is 3.64. The van der Waals surface area contributed by atoms with Crippen molar-refractivity contribution < 1.29 is 9.18 Å².